The minimum Gasteiger partial charge on any atom is -0.464 e. The van der Waals surface area contributed by atoms with Gasteiger partial charge >= 0.3 is 0 Å². The van der Waals surface area contributed by atoms with E-state index in [0.29, 0.717) is 29.8 Å². The van der Waals surface area contributed by atoms with Gasteiger partial charge in [-0.1, -0.05) is 54.6 Å². The van der Waals surface area contributed by atoms with Gasteiger partial charge in [0.1, 0.15) is 5.58 Å². The average molecular weight is 425 g/mol. The molecule has 1 aromatic heterocycles. The fourth-order valence-corrected chi connectivity index (χ4v) is 4.44. The normalized spacial score (nSPS) is 16.1. The lowest BCUT2D eigenvalue weighted by Gasteiger charge is -2.33. The van der Waals surface area contributed by atoms with E-state index in [0.717, 1.165) is 29.4 Å². The molecule has 1 atom stereocenters. The molecule has 0 unspecified atom stereocenters. The summed E-state index contributed by atoms with van der Waals surface area (Å²) in [4.78, 5) is 28.2. The summed E-state index contributed by atoms with van der Waals surface area (Å²) in [6, 6.07) is 24.8. The molecule has 0 bridgehead atoms. The number of likely N-dealkylation sites (tertiary alicyclic amines) is 1. The molecule has 5 nitrogen and oxygen atoms in total. The summed E-state index contributed by atoms with van der Waals surface area (Å²) in [6.07, 6.45) is 3.28. The number of nitrogens with zero attached hydrogens (tertiary/aromatic N) is 1. The Hall–Kier alpha value is -3.86. The highest BCUT2D eigenvalue weighted by atomic mass is 16.3. The summed E-state index contributed by atoms with van der Waals surface area (Å²) in [6.45, 7) is 1.18. The lowest BCUT2D eigenvalue weighted by Crippen LogP contribution is -2.49. The molecule has 0 saturated carbocycles. The maximum absolute atomic E-state index is 13.4. The molecule has 3 aromatic carbocycles. The van der Waals surface area contributed by atoms with Gasteiger partial charge in [0.15, 0.2) is 0 Å². The van der Waals surface area contributed by atoms with Crippen molar-refractivity contribution in [3.63, 3.8) is 0 Å². The van der Waals surface area contributed by atoms with Crippen LogP contribution in [-0.4, -0.2) is 35.8 Å². The highest BCUT2D eigenvalue weighted by Gasteiger charge is 2.27. The summed E-state index contributed by atoms with van der Waals surface area (Å²) in [5.41, 5.74) is 3.92. The molecule has 0 aliphatic carbocycles. The number of carbonyl (C=O) groups is 2. The van der Waals surface area contributed by atoms with E-state index in [1.165, 1.54) is 0 Å². The third-order valence-corrected chi connectivity index (χ3v) is 6.03. The highest BCUT2D eigenvalue weighted by Crippen LogP contribution is 2.26. The van der Waals surface area contributed by atoms with Crippen LogP contribution < -0.4 is 5.32 Å². The van der Waals surface area contributed by atoms with E-state index < -0.39 is 0 Å². The number of nitrogens with one attached hydrogen (secondary N) is 1. The number of fused-ring (bicyclic) bond motifs is 1. The zero-order chi connectivity index (χ0) is 21.9. The fourth-order valence-electron chi connectivity index (χ4n) is 4.44. The van der Waals surface area contributed by atoms with E-state index in [2.05, 4.69) is 5.32 Å². The van der Waals surface area contributed by atoms with Crippen molar-refractivity contribution in [3.8, 4) is 11.1 Å². The van der Waals surface area contributed by atoms with Crippen LogP contribution in [0.4, 0.5) is 0 Å². The number of benzene rings is 3. The molecule has 160 valence electrons. The lowest BCUT2D eigenvalue weighted by atomic mass is 9.97. The van der Waals surface area contributed by atoms with Crippen molar-refractivity contribution in [1.29, 1.82) is 0 Å². The number of amides is 2. The minimum absolute atomic E-state index is 0.000313. The Labute approximate surface area is 186 Å². The van der Waals surface area contributed by atoms with E-state index in [4.69, 9.17) is 4.42 Å². The number of rotatable bonds is 4. The number of carbonyl (C=O) groups excluding carboxylic acids is 2. The molecule has 4 aromatic rings. The second kappa shape index (κ2) is 8.71. The van der Waals surface area contributed by atoms with Crippen molar-refractivity contribution in [1.82, 2.24) is 10.2 Å². The standard InChI is InChI=1S/C27H24N2O3/c30-26(23-13-6-14-25-22(23)15-17-32-25)28-20-10-7-16-29(18-20)27(31)24-12-5-4-11-21(24)19-8-2-1-3-9-19/h1-6,8-9,11-15,17,20H,7,10,16,18H2,(H,28,30)/t20-/m1/s1. The number of furan rings is 1. The summed E-state index contributed by atoms with van der Waals surface area (Å²) in [5, 5.41) is 3.92. The first-order chi connectivity index (χ1) is 15.7. The molecule has 1 N–H and O–H groups in total. The van der Waals surface area contributed by atoms with Gasteiger partial charge in [0.2, 0.25) is 0 Å². The topological polar surface area (TPSA) is 62.6 Å². The quantitative estimate of drug-likeness (QED) is 0.494. The average Bonchev–Trinajstić information content (AvgIpc) is 3.33. The van der Waals surface area contributed by atoms with E-state index in [1.54, 1.807) is 12.3 Å². The Balaban J connectivity index is 1.33. The molecule has 32 heavy (non-hydrogen) atoms. The minimum atomic E-state index is -0.138. The van der Waals surface area contributed by atoms with Crippen LogP contribution in [0.15, 0.2) is 89.5 Å². The van der Waals surface area contributed by atoms with Crippen molar-refractivity contribution in [2.24, 2.45) is 0 Å². The third-order valence-electron chi connectivity index (χ3n) is 6.03. The smallest absolute Gasteiger partial charge is 0.254 e. The van der Waals surface area contributed by atoms with Crippen molar-refractivity contribution in [3.05, 3.63) is 96.3 Å². The van der Waals surface area contributed by atoms with Crippen molar-refractivity contribution < 1.29 is 14.0 Å². The molecule has 5 heteroatoms. The Bertz CT molecular complexity index is 1260. The Morgan fingerprint density at radius 1 is 0.875 bits per heavy atom. The summed E-state index contributed by atoms with van der Waals surface area (Å²) in [7, 11) is 0. The molecule has 0 radical (unpaired) electrons. The first kappa shape index (κ1) is 20.1. The van der Waals surface area contributed by atoms with Gasteiger partial charge in [-0.25, -0.2) is 0 Å². The highest BCUT2D eigenvalue weighted by molar-refractivity contribution is 6.06. The van der Waals surface area contributed by atoms with E-state index in [9.17, 15) is 9.59 Å². The molecule has 1 fully saturated rings. The van der Waals surface area contributed by atoms with Crippen LogP contribution in [0.1, 0.15) is 33.6 Å². The second-order valence-corrected chi connectivity index (χ2v) is 8.11. The van der Waals surface area contributed by atoms with Crippen molar-refractivity contribution >= 4 is 22.8 Å². The van der Waals surface area contributed by atoms with Crippen LogP contribution in [0, 0.1) is 0 Å². The monoisotopic (exact) mass is 424 g/mol. The molecule has 2 heterocycles. The maximum Gasteiger partial charge on any atom is 0.254 e. The molecule has 1 saturated heterocycles. The van der Waals surface area contributed by atoms with Gasteiger partial charge in [-0.15, -0.1) is 0 Å². The maximum atomic E-state index is 13.4. The molecule has 1 aliphatic heterocycles. The molecular weight excluding hydrogens is 400 g/mol. The largest absolute Gasteiger partial charge is 0.464 e. The second-order valence-electron chi connectivity index (χ2n) is 8.11. The van der Waals surface area contributed by atoms with Crippen LogP contribution >= 0.6 is 0 Å². The van der Waals surface area contributed by atoms with E-state index >= 15 is 0 Å². The van der Waals surface area contributed by atoms with Crippen LogP contribution in [0.25, 0.3) is 22.1 Å². The first-order valence-corrected chi connectivity index (χ1v) is 10.9. The fraction of sp³-hybridized carbons (Fsp3) is 0.185. The zero-order valence-electron chi connectivity index (χ0n) is 17.7. The Morgan fingerprint density at radius 3 is 2.53 bits per heavy atom. The van der Waals surface area contributed by atoms with E-state index in [-0.39, 0.29) is 17.9 Å². The van der Waals surface area contributed by atoms with Gasteiger partial charge < -0.3 is 14.6 Å². The molecular formula is C27H24N2O3. The number of hydrogen-bond acceptors (Lipinski definition) is 3. The Morgan fingerprint density at radius 2 is 1.66 bits per heavy atom. The van der Waals surface area contributed by atoms with Crippen molar-refractivity contribution in [2.75, 3.05) is 13.1 Å². The van der Waals surface area contributed by atoms with Gasteiger partial charge in [-0.3, -0.25) is 9.59 Å². The SMILES string of the molecule is O=C(N[C@@H]1CCCN(C(=O)c2ccccc2-c2ccccc2)C1)c1cccc2occc12. The van der Waals surface area contributed by atoms with Gasteiger partial charge in [0, 0.05) is 30.1 Å². The van der Waals surface area contributed by atoms with Gasteiger partial charge in [-0.2, -0.15) is 0 Å². The molecule has 2 amide bonds. The zero-order valence-corrected chi connectivity index (χ0v) is 17.7. The summed E-state index contributed by atoms with van der Waals surface area (Å²) < 4.78 is 5.41. The first-order valence-electron chi connectivity index (χ1n) is 10.9. The van der Waals surface area contributed by atoms with Gasteiger partial charge in [0.05, 0.1) is 11.8 Å². The van der Waals surface area contributed by atoms with Gasteiger partial charge in [0.25, 0.3) is 11.8 Å². The van der Waals surface area contributed by atoms with Crippen LogP contribution in [0.2, 0.25) is 0 Å². The third kappa shape index (κ3) is 3.89. The number of hydrogen-bond donors (Lipinski definition) is 1. The molecule has 0 spiro atoms. The predicted octanol–water partition coefficient (Wildman–Crippen LogP) is 5.13. The van der Waals surface area contributed by atoms with Crippen LogP contribution in [0.5, 0.6) is 0 Å². The summed E-state index contributed by atoms with van der Waals surface area (Å²) >= 11 is 0. The number of piperidine rings is 1. The van der Waals surface area contributed by atoms with Gasteiger partial charge in [-0.05, 0) is 48.2 Å². The van der Waals surface area contributed by atoms with Crippen LogP contribution in [-0.2, 0) is 0 Å². The summed E-state index contributed by atoms with van der Waals surface area (Å²) in [5.74, 6) is -0.138. The molecule has 1 aliphatic rings. The van der Waals surface area contributed by atoms with Crippen molar-refractivity contribution in [2.45, 2.75) is 18.9 Å². The van der Waals surface area contributed by atoms with E-state index in [1.807, 2.05) is 77.7 Å². The predicted molar refractivity (Wildman–Crippen MR) is 124 cm³/mol. The lowest BCUT2D eigenvalue weighted by molar-refractivity contribution is 0.0677. The molecule has 5 rings (SSSR count). The Kier molecular flexibility index (Phi) is 5.46. The van der Waals surface area contributed by atoms with Crippen LogP contribution in [0.3, 0.4) is 0 Å².